The van der Waals surface area contributed by atoms with E-state index in [1.807, 2.05) is 60.7 Å². The molecule has 25 heavy (non-hydrogen) atoms. The van der Waals surface area contributed by atoms with Gasteiger partial charge in [-0.05, 0) is 35.2 Å². The van der Waals surface area contributed by atoms with Gasteiger partial charge in [-0.3, -0.25) is 4.79 Å². The van der Waals surface area contributed by atoms with Gasteiger partial charge >= 0.3 is 5.97 Å². The molecule has 0 spiro atoms. The molecule has 0 atom stereocenters. The first-order valence-electron chi connectivity index (χ1n) is 8.17. The number of hydrogen-bond acceptors (Lipinski definition) is 3. The van der Waals surface area contributed by atoms with E-state index >= 15 is 0 Å². The quantitative estimate of drug-likeness (QED) is 0.710. The number of esters is 1. The number of ether oxygens (including phenoxy) is 1. The highest BCUT2D eigenvalue weighted by atomic mass is 16.5. The molecule has 0 saturated carbocycles. The maximum atomic E-state index is 12.5. The summed E-state index contributed by atoms with van der Waals surface area (Å²) in [4.78, 5) is 24.1. The van der Waals surface area contributed by atoms with E-state index in [1.54, 1.807) is 6.92 Å². The number of nitrogens with one attached hydrogen (secondary N) is 1. The summed E-state index contributed by atoms with van der Waals surface area (Å²) in [7, 11) is 0. The van der Waals surface area contributed by atoms with Crippen LogP contribution in [0.3, 0.4) is 0 Å². The predicted octanol–water partition coefficient (Wildman–Crippen LogP) is 4.59. The van der Waals surface area contributed by atoms with Gasteiger partial charge in [-0.25, -0.2) is 4.79 Å². The minimum atomic E-state index is -0.438. The van der Waals surface area contributed by atoms with E-state index in [-0.39, 0.29) is 12.5 Å². The lowest BCUT2D eigenvalue weighted by atomic mass is 9.99. The topological polar surface area (TPSA) is 55.4 Å². The Morgan fingerprint density at radius 2 is 1.56 bits per heavy atom. The molecular weight excluding hydrogens is 314 g/mol. The molecule has 0 bridgehead atoms. The Balaban J connectivity index is 2.25. The van der Waals surface area contributed by atoms with E-state index in [2.05, 4.69) is 5.32 Å². The Kier molecular flexibility index (Phi) is 4.80. The van der Waals surface area contributed by atoms with Gasteiger partial charge in [-0.2, -0.15) is 0 Å². The summed E-state index contributed by atoms with van der Waals surface area (Å²) in [6.07, 6.45) is 0. The molecule has 126 valence electrons. The summed E-state index contributed by atoms with van der Waals surface area (Å²) < 4.78 is 5.20. The summed E-state index contributed by atoms with van der Waals surface area (Å²) >= 11 is 0. The largest absolute Gasteiger partial charge is 0.462 e. The number of hydrogen-bond donors (Lipinski definition) is 1. The minimum Gasteiger partial charge on any atom is -0.462 e. The molecule has 4 heteroatoms. The van der Waals surface area contributed by atoms with Crippen molar-refractivity contribution in [1.29, 1.82) is 0 Å². The van der Waals surface area contributed by atoms with Gasteiger partial charge in [0.25, 0.3) is 0 Å². The number of carbonyl (C=O) groups excluding carboxylic acids is 2. The summed E-state index contributed by atoms with van der Waals surface area (Å²) in [6.45, 7) is 3.46. The van der Waals surface area contributed by atoms with Crippen LogP contribution in [0.5, 0.6) is 0 Å². The highest BCUT2D eigenvalue weighted by Gasteiger charge is 2.25. The minimum absolute atomic E-state index is 0.230. The predicted molar refractivity (Wildman–Crippen MR) is 98.8 cm³/mol. The van der Waals surface area contributed by atoms with E-state index < -0.39 is 5.97 Å². The third kappa shape index (κ3) is 3.38. The Morgan fingerprint density at radius 3 is 2.20 bits per heavy atom. The van der Waals surface area contributed by atoms with Crippen molar-refractivity contribution in [3.8, 4) is 22.3 Å². The van der Waals surface area contributed by atoms with E-state index in [4.69, 9.17) is 4.74 Å². The van der Waals surface area contributed by atoms with Crippen LogP contribution in [0.25, 0.3) is 22.3 Å². The summed E-state index contributed by atoms with van der Waals surface area (Å²) in [5, 5.41) is 2.75. The Labute approximate surface area is 146 Å². The Morgan fingerprint density at radius 1 is 0.920 bits per heavy atom. The summed E-state index contributed by atoms with van der Waals surface area (Å²) in [5.41, 5.74) is 4.54. The molecule has 0 aromatic heterocycles. The van der Waals surface area contributed by atoms with Gasteiger partial charge in [0.2, 0.25) is 5.91 Å². The second-order valence-electron chi connectivity index (χ2n) is 5.66. The molecule has 1 amide bonds. The Bertz CT molecular complexity index is 887. The van der Waals surface area contributed by atoms with Crippen LogP contribution < -0.4 is 5.32 Å². The summed E-state index contributed by atoms with van der Waals surface area (Å²) in [5.74, 6) is -0.669. The molecule has 2 aliphatic rings. The lowest BCUT2D eigenvalue weighted by Gasteiger charge is -2.07. The maximum absolute atomic E-state index is 12.5. The average molecular weight is 333 g/mol. The molecule has 4 nitrogen and oxygen atoms in total. The molecule has 1 aromatic rings. The maximum Gasteiger partial charge on any atom is 0.340 e. The fourth-order valence-corrected chi connectivity index (χ4v) is 2.94. The van der Waals surface area contributed by atoms with E-state index in [9.17, 15) is 9.59 Å². The van der Waals surface area contributed by atoms with Crippen molar-refractivity contribution in [3.05, 3.63) is 66.2 Å². The smallest absolute Gasteiger partial charge is 0.340 e. The molecule has 0 saturated heterocycles. The summed E-state index contributed by atoms with van der Waals surface area (Å²) in [6, 6.07) is 19.5. The first-order valence-corrected chi connectivity index (χ1v) is 8.17. The van der Waals surface area contributed by atoms with Crippen molar-refractivity contribution in [2.75, 3.05) is 11.9 Å². The van der Waals surface area contributed by atoms with E-state index in [1.165, 1.54) is 6.92 Å². The van der Waals surface area contributed by atoms with Gasteiger partial charge in [0.05, 0.1) is 17.9 Å². The monoisotopic (exact) mass is 333 g/mol. The second kappa shape index (κ2) is 7.18. The van der Waals surface area contributed by atoms with Gasteiger partial charge in [-0.1, -0.05) is 54.6 Å². The van der Waals surface area contributed by atoms with Gasteiger partial charge in [0.15, 0.2) is 0 Å². The number of carbonyl (C=O) groups is 2. The van der Waals surface area contributed by atoms with Gasteiger partial charge in [0.1, 0.15) is 0 Å². The Hall–Kier alpha value is -3.14. The van der Waals surface area contributed by atoms with Crippen LogP contribution in [0.1, 0.15) is 24.2 Å². The number of anilines is 1. The van der Waals surface area contributed by atoms with Gasteiger partial charge in [-0.15, -0.1) is 0 Å². The molecule has 0 radical (unpaired) electrons. The number of fused-ring (bicyclic) bond motifs is 1. The zero-order valence-corrected chi connectivity index (χ0v) is 14.2. The van der Waals surface area contributed by atoms with Crippen LogP contribution in [-0.4, -0.2) is 18.5 Å². The van der Waals surface area contributed by atoms with Crippen molar-refractivity contribution in [3.63, 3.8) is 0 Å². The van der Waals surface area contributed by atoms with Crippen molar-refractivity contribution in [2.24, 2.45) is 0 Å². The molecular formula is C21H19NO3. The molecule has 1 N–H and O–H groups in total. The zero-order valence-electron chi connectivity index (χ0n) is 14.2. The molecule has 0 aliphatic heterocycles. The average Bonchev–Trinajstić information content (AvgIpc) is 2.80. The van der Waals surface area contributed by atoms with Crippen LogP contribution in [0.15, 0.2) is 60.7 Å². The normalized spacial score (nSPS) is 10.5. The molecule has 1 aromatic carbocycles. The van der Waals surface area contributed by atoms with Crippen molar-refractivity contribution < 1.29 is 14.3 Å². The standard InChI is InChI=1S/C21H19NO3/c1-3-25-21(24)20-17-12-8-7-11-16(15-9-5-4-6-10-15)18(17)13-19(20)22-14(2)23/h4-13H,3H2,1-2H3,(H,22,23). The van der Waals surface area contributed by atoms with Crippen molar-refractivity contribution >= 4 is 17.6 Å². The van der Waals surface area contributed by atoms with Gasteiger partial charge < -0.3 is 10.1 Å². The van der Waals surface area contributed by atoms with Crippen molar-refractivity contribution in [2.45, 2.75) is 13.8 Å². The van der Waals surface area contributed by atoms with Crippen LogP contribution in [-0.2, 0) is 9.53 Å². The fraction of sp³-hybridized carbons (Fsp3) is 0.143. The third-order valence-electron chi connectivity index (χ3n) is 3.92. The molecule has 0 fully saturated rings. The molecule has 0 unspecified atom stereocenters. The first kappa shape index (κ1) is 16.7. The SMILES string of the molecule is CCOC(=O)c1c(NC(C)=O)cc2c(-c3ccccc3)ccccc1-2. The lowest BCUT2D eigenvalue weighted by molar-refractivity contribution is -0.114. The van der Waals surface area contributed by atoms with Crippen LogP contribution >= 0.6 is 0 Å². The zero-order chi connectivity index (χ0) is 17.8. The van der Waals surface area contributed by atoms with Crippen molar-refractivity contribution in [1.82, 2.24) is 0 Å². The number of benzene rings is 1. The molecule has 2 aliphatic carbocycles. The van der Waals surface area contributed by atoms with Crippen LogP contribution in [0.2, 0.25) is 0 Å². The second-order valence-corrected chi connectivity index (χ2v) is 5.66. The third-order valence-corrected chi connectivity index (χ3v) is 3.92. The molecule has 3 rings (SSSR count). The fourth-order valence-electron chi connectivity index (χ4n) is 2.94. The van der Waals surface area contributed by atoms with Crippen LogP contribution in [0, 0.1) is 0 Å². The highest BCUT2D eigenvalue weighted by molar-refractivity contribution is 6.10. The van der Waals surface area contributed by atoms with E-state index in [0.29, 0.717) is 11.3 Å². The van der Waals surface area contributed by atoms with Gasteiger partial charge in [0, 0.05) is 6.92 Å². The molecule has 0 heterocycles. The highest BCUT2D eigenvalue weighted by Crippen LogP contribution is 2.41. The number of amides is 1. The first-order chi connectivity index (χ1) is 12.1. The number of rotatable bonds is 4. The lowest BCUT2D eigenvalue weighted by Crippen LogP contribution is -2.11. The van der Waals surface area contributed by atoms with Crippen LogP contribution in [0.4, 0.5) is 5.69 Å². The van der Waals surface area contributed by atoms with E-state index in [0.717, 1.165) is 22.3 Å².